The molecule has 1 aliphatic rings. The zero-order valence-electron chi connectivity index (χ0n) is 16.5. The number of nitrogens with zero attached hydrogens (tertiary/aromatic N) is 1. The second kappa shape index (κ2) is 9.27. The number of imide groups is 1. The molecule has 0 saturated carbocycles. The number of benzene rings is 3. The van der Waals surface area contributed by atoms with E-state index < -0.39 is 17.8 Å². The summed E-state index contributed by atoms with van der Waals surface area (Å²) in [7, 11) is 0. The highest BCUT2D eigenvalue weighted by atomic mass is 79.9. The van der Waals surface area contributed by atoms with Crippen LogP contribution in [-0.4, -0.2) is 22.9 Å². The molecule has 0 unspecified atom stereocenters. The van der Waals surface area contributed by atoms with Crippen LogP contribution in [0.15, 0.2) is 81.9 Å². The number of amides is 2. The lowest BCUT2D eigenvalue weighted by molar-refractivity contribution is -0.120. The van der Waals surface area contributed by atoms with Crippen LogP contribution in [0.4, 0.5) is 11.4 Å². The molecule has 10 heteroatoms. The molecule has 1 heterocycles. The molecule has 4 rings (SSSR count). The van der Waals surface area contributed by atoms with Crippen molar-refractivity contribution in [2.24, 2.45) is 0 Å². The fourth-order valence-corrected chi connectivity index (χ4v) is 3.59. The average molecular weight is 548 g/mol. The Balaban J connectivity index is 1.47. The summed E-state index contributed by atoms with van der Waals surface area (Å²) in [6, 6.07) is 16.8. The maximum atomic E-state index is 12.8. The number of rotatable bonds is 5. The molecule has 0 aliphatic carbocycles. The van der Waals surface area contributed by atoms with E-state index in [1.165, 1.54) is 42.5 Å². The molecule has 2 amide bonds. The van der Waals surface area contributed by atoms with E-state index in [1.54, 1.807) is 24.3 Å². The first-order valence-corrected chi connectivity index (χ1v) is 10.9. The average Bonchev–Trinajstić information content (AvgIpc) is 3.00. The van der Waals surface area contributed by atoms with E-state index in [1.807, 2.05) is 0 Å². The van der Waals surface area contributed by atoms with Crippen LogP contribution in [0.25, 0.3) is 0 Å². The van der Waals surface area contributed by atoms with E-state index in [0.29, 0.717) is 11.4 Å². The van der Waals surface area contributed by atoms with Gasteiger partial charge in [0.05, 0.1) is 16.3 Å². The van der Waals surface area contributed by atoms with Crippen molar-refractivity contribution in [2.45, 2.75) is 0 Å². The van der Waals surface area contributed by atoms with Crippen molar-refractivity contribution >= 4 is 68.3 Å². The monoisotopic (exact) mass is 546 g/mol. The number of hydrogen-bond donors (Lipinski definition) is 2. The largest absolute Gasteiger partial charge is 0.506 e. The fraction of sp³-hybridized carbons (Fsp3) is 0. The van der Waals surface area contributed by atoms with Gasteiger partial charge in [0.2, 0.25) is 0 Å². The lowest BCUT2D eigenvalue weighted by Gasteiger charge is -2.15. The van der Waals surface area contributed by atoms with Crippen LogP contribution in [-0.2, 0) is 9.59 Å². The third-order valence-corrected chi connectivity index (χ3v) is 5.83. The molecule has 7 nitrogen and oxygen atoms in total. The Morgan fingerprint density at radius 1 is 0.939 bits per heavy atom. The van der Waals surface area contributed by atoms with Gasteiger partial charge in [0.25, 0.3) is 11.8 Å². The number of phenols is 1. The predicted molar refractivity (Wildman–Crippen MR) is 128 cm³/mol. The lowest BCUT2D eigenvalue weighted by Crippen LogP contribution is -2.32. The Bertz CT molecular complexity index is 1310. The maximum Gasteiger partial charge on any atom is 0.343 e. The molecule has 3 aromatic rings. The standard InChI is InChI=1S/C23H13BrCl2N2O5/c24-13-3-7-15(8-4-13)28-21(30)19(26)20(22(28)31)27-14-5-1-12(2-6-14)23(32)33-16-9-10-17(25)18(29)11-16/h1-11,27,29H. The van der Waals surface area contributed by atoms with Crippen LogP contribution in [0.1, 0.15) is 10.4 Å². The zero-order chi connectivity index (χ0) is 23.7. The molecule has 3 aromatic carbocycles. The third-order valence-electron chi connectivity index (χ3n) is 4.63. The summed E-state index contributed by atoms with van der Waals surface area (Å²) >= 11 is 15.2. The van der Waals surface area contributed by atoms with Gasteiger partial charge in [0, 0.05) is 16.2 Å². The number of halogens is 3. The van der Waals surface area contributed by atoms with Gasteiger partial charge in [0.1, 0.15) is 22.2 Å². The van der Waals surface area contributed by atoms with Crippen LogP contribution >= 0.6 is 39.1 Å². The van der Waals surface area contributed by atoms with Crippen LogP contribution in [0.2, 0.25) is 5.02 Å². The SMILES string of the molecule is O=C(Oc1ccc(Cl)c(O)c1)c1ccc(NC2=C(Cl)C(=O)N(c3ccc(Br)cc3)C2=O)cc1. The highest BCUT2D eigenvalue weighted by Gasteiger charge is 2.38. The van der Waals surface area contributed by atoms with Crippen molar-refractivity contribution in [1.82, 2.24) is 0 Å². The topological polar surface area (TPSA) is 95.9 Å². The molecule has 0 fully saturated rings. The predicted octanol–water partition coefficient (Wildman–Crippen LogP) is 5.46. The highest BCUT2D eigenvalue weighted by molar-refractivity contribution is 9.10. The summed E-state index contributed by atoms with van der Waals surface area (Å²) in [5.41, 5.74) is 0.967. The minimum Gasteiger partial charge on any atom is -0.506 e. The second-order valence-electron chi connectivity index (χ2n) is 6.82. The molecule has 166 valence electrons. The summed E-state index contributed by atoms with van der Waals surface area (Å²) in [5.74, 6) is -1.98. The fourth-order valence-electron chi connectivity index (χ4n) is 2.99. The molecule has 0 radical (unpaired) electrons. The van der Waals surface area contributed by atoms with Crippen LogP contribution in [0.5, 0.6) is 11.5 Å². The number of anilines is 2. The molecule has 2 N–H and O–H groups in total. The maximum absolute atomic E-state index is 12.8. The van der Waals surface area contributed by atoms with E-state index >= 15 is 0 Å². The van der Waals surface area contributed by atoms with Gasteiger partial charge < -0.3 is 15.2 Å². The summed E-state index contributed by atoms with van der Waals surface area (Å²) in [6.07, 6.45) is 0. The Morgan fingerprint density at radius 2 is 1.61 bits per heavy atom. The summed E-state index contributed by atoms with van der Waals surface area (Å²) < 4.78 is 6.01. The number of ether oxygens (including phenoxy) is 1. The van der Waals surface area contributed by atoms with E-state index in [0.717, 1.165) is 9.37 Å². The number of carbonyl (C=O) groups is 3. The van der Waals surface area contributed by atoms with Gasteiger partial charge in [0.15, 0.2) is 0 Å². The third kappa shape index (κ3) is 4.73. The lowest BCUT2D eigenvalue weighted by atomic mass is 10.2. The zero-order valence-corrected chi connectivity index (χ0v) is 19.6. The number of hydrogen-bond acceptors (Lipinski definition) is 6. The summed E-state index contributed by atoms with van der Waals surface area (Å²) in [5, 5.41) is 12.3. The van der Waals surface area contributed by atoms with E-state index in [4.69, 9.17) is 27.9 Å². The number of esters is 1. The molecular weight excluding hydrogens is 535 g/mol. The Kier molecular flexibility index (Phi) is 6.42. The number of phenolic OH excluding ortho intramolecular Hbond substituents is 1. The molecule has 33 heavy (non-hydrogen) atoms. The first kappa shape index (κ1) is 22.8. The van der Waals surface area contributed by atoms with Gasteiger partial charge in [-0.25, -0.2) is 9.69 Å². The Hall–Kier alpha value is -3.33. The van der Waals surface area contributed by atoms with Gasteiger partial charge in [-0.2, -0.15) is 0 Å². The molecule has 0 spiro atoms. The van der Waals surface area contributed by atoms with Gasteiger partial charge in [-0.3, -0.25) is 9.59 Å². The number of carbonyl (C=O) groups excluding carboxylic acids is 3. The van der Waals surface area contributed by atoms with Crippen molar-refractivity contribution in [3.8, 4) is 11.5 Å². The highest BCUT2D eigenvalue weighted by Crippen LogP contribution is 2.31. The first-order chi connectivity index (χ1) is 15.7. The smallest absolute Gasteiger partial charge is 0.343 e. The minimum atomic E-state index is -0.658. The Morgan fingerprint density at radius 3 is 2.24 bits per heavy atom. The molecular formula is C23H13BrCl2N2O5. The first-order valence-electron chi connectivity index (χ1n) is 9.36. The van der Waals surface area contributed by atoms with Crippen molar-refractivity contribution in [3.63, 3.8) is 0 Å². The van der Waals surface area contributed by atoms with Crippen molar-refractivity contribution in [3.05, 3.63) is 92.5 Å². The minimum absolute atomic E-state index is 0.0726. The number of nitrogens with one attached hydrogen (secondary N) is 1. The van der Waals surface area contributed by atoms with E-state index in [9.17, 15) is 19.5 Å². The van der Waals surface area contributed by atoms with Crippen LogP contribution < -0.4 is 15.0 Å². The van der Waals surface area contributed by atoms with Crippen LogP contribution in [0, 0.1) is 0 Å². The van der Waals surface area contributed by atoms with Gasteiger partial charge in [-0.05, 0) is 60.7 Å². The normalized spacial score (nSPS) is 13.5. The van der Waals surface area contributed by atoms with E-state index in [-0.39, 0.29) is 32.8 Å². The van der Waals surface area contributed by atoms with Crippen molar-refractivity contribution in [1.29, 1.82) is 0 Å². The second-order valence-corrected chi connectivity index (χ2v) is 8.52. The molecule has 0 aromatic heterocycles. The molecule has 0 bridgehead atoms. The summed E-state index contributed by atoms with van der Waals surface area (Å²) in [6.45, 7) is 0. The molecule has 0 atom stereocenters. The van der Waals surface area contributed by atoms with Crippen LogP contribution in [0.3, 0.4) is 0 Å². The Labute approximate surface area is 206 Å². The molecule has 0 saturated heterocycles. The van der Waals surface area contributed by atoms with Crippen molar-refractivity contribution < 1.29 is 24.2 Å². The van der Waals surface area contributed by atoms with Crippen molar-refractivity contribution in [2.75, 3.05) is 10.2 Å². The van der Waals surface area contributed by atoms with E-state index in [2.05, 4.69) is 21.2 Å². The van der Waals surface area contributed by atoms with Gasteiger partial charge >= 0.3 is 5.97 Å². The molecule has 1 aliphatic heterocycles. The van der Waals surface area contributed by atoms with Gasteiger partial charge in [-0.15, -0.1) is 0 Å². The summed E-state index contributed by atoms with van der Waals surface area (Å²) in [4.78, 5) is 38.7. The quantitative estimate of drug-likeness (QED) is 0.250. The number of aromatic hydroxyl groups is 1. The van der Waals surface area contributed by atoms with Gasteiger partial charge in [-0.1, -0.05) is 39.1 Å².